The summed E-state index contributed by atoms with van der Waals surface area (Å²) < 4.78 is 0. The monoisotopic (exact) mass is 363 g/mol. The van der Waals surface area contributed by atoms with Crippen molar-refractivity contribution < 1.29 is 0 Å². The van der Waals surface area contributed by atoms with E-state index in [-0.39, 0.29) is 0 Å². The molecule has 1 aliphatic rings. The van der Waals surface area contributed by atoms with Crippen LogP contribution in [0.15, 0.2) is 72.1 Å². The highest BCUT2D eigenvalue weighted by Gasteiger charge is 2.22. The molecule has 2 aromatic carbocycles. The molecule has 0 aromatic heterocycles. The van der Waals surface area contributed by atoms with Gasteiger partial charge in [0.1, 0.15) is 0 Å². The third kappa shape index (κ3) is 6.14. The summed E-state index contributed by atoms with van der Waals surface area (Å²) in [5.74, 6) is 0. The lowest BCUT2D eigenvalue weighted by molar-refractivity contribution is 0.449. The Labute approximate surface area is 164 Å². The minimum atomic E-state index is 0.381. The van der Waals surface area contributed by atoms with Crippen molar-refractivity contribution in [3.63, 3.8) is 0 Å². The molecule has 0 amide bonds. The Morgan fingerprint density at radius 3 is 2.22 bits per heavy atom. The van der Waals surface area contributed by atoms with E-state index in [2.05, 4.69) is 83.5 Å². The van der Waals surface area contributed by atoms with Gasteiger partial charge < -0.3 is 16.0 Å². The third-order valence-corrected chi connectivity index (χ3v) is 5.20. The maximum absolute atomic E-state index is 3.78. The van der Waals surface area contributed by atoms with E-state index in [0.717, 1.165) is 32.5 Å². The Morgan fingerprint density at radius 2 is 1.56 bits per heavy atom. The predicted molar refractivity (Wildman–Crippen MR) is 114 cm³/mol. The molecule has 144 valence electrons. The Hall–Kier alpha value is -2.26. The summed E-state index contributed by atoms with van der Waals surface area (Å²) in [6.07, 6.45) is 6.05. The van der Waals surface area contributed by atoms with Crippen LogP contribution >= 0.6 is 0 Å². The van der Waals surface area contributed by atoms with Gasteiger partial charge >= 0.3 is 0 Å². The van der Waals surface area contributed by atoms with E-state index < -0.39 is 0 Å². The zero-order valence-corrected chi connectivity index (χ0v) is 16.5. The minimum Gasteiger partial charge on any atom is -0.387 e. The summed E-state index contributed by atoms with van der Waals surface area (Å²) in [5, 5.41) is 11.2. The highest BCUT2D eigenvalue weighted by Crippen LogP contribution is 2.19. The quantitative estimate of drug-likeness (QED) is 0.535. The molecule has 0 bridgehead atoms. The van der Waals surface area contributed by atoms with E-state index in [1.54, 1.807) is 0 Å². The molecule has 0 saturated heterocycles. The fourth-order valence-corrected chi connectivity index (χ4v) is 3.66. The van der Waals surface area contributed by atoms with Crippen molar-refractivity contribution in [1.82, 2.24) is 16.0 Å². The molecule has 0 fully saturated rings. The molecule has 1 atom stereocenters. The van der Waals surface area contributed by atoms with Crippen LogP contribution < -0.4 is 16.0 Å². The Bertz CT molecular complexity index is 694. The van der Waals surface area contributed by atoms with Crippen molar-refractivity contribution >= 4 is 0 Å². The fraction of sp³-hybridized carbons (Fsp3) is 0.417. The second-order valence-corrected chi connectivity index (χ2v) is 7.32. The largest absolute Gasteiger partial charge is 0.387 e. The smallest absolute Gasteiger partial charge is 0.0506 e. The molecule has 0 radical (unpaired) electrons. The summed E-state index contributed by atoms with van der Waals surface area (Å²) >= 11 is 0. The molecule has 1 heterocycles. The van der Waals surface area contributed by atoms with Crippen LogP contribution in [0.4, 0.5) is 0 Å². The summed E-state index contributed by atoms with van der Waals surface area (Å²) in [6.45, 7) is 5.09. The third-order valence-electron chi connectivity index (χ3n) is 5.20. The summed E-state index contributed by atoms with van der Waals surface area (Å²) in [4.78, 5) is 0. The van der Waals surface area contributed by atoms with E-state index >= 15 is 0 Å². The van der Waals surface area contributed by atoms with Crippen molar-refractivity contribution in [3.8, 4) is 0 Å². The van der Waals surface area contributed by atoms with Crippen molar-refractivity contribution in [2.24, 2.45) is 0 Å². The van der Waals surface area contributed by atoms with Gasteiger partial charge in [-0.1, -0.05) is 80.4 Å². The van der Waals surface area contributed by atoms with Crippen LogP contribution in [0.25, 0.3) is 0 Å². The molecule has 2 aromatic rings. The van der Waals surface area contributed by atoms with Crippen LogP contribution in [-0.4, -0.2) is 12.6 Å². The van der Waals surface area contributed by atoms with Crippen molar-refractivity contribution in [2.45, 2.75) is 58.2 Å². The van der Waals surface area contributed by atoms with Gasteiger partial charge in [-0.2, -0.15) is 0 Å². The number of hydrogen-bond acceptors (Lipinski definition) is 3. The second kappa shape index (κ2) is 10.8. The van der Waals surface area contributed by atoms with Gasteiger partial charge in [0.2, 0.25) is 0 Å². The lowest BCUT2D eigenvalue weighted by atomic mass is 9.99. The Morgan fingerprint density at radius 1 is 0.889 bits per heavy atom. The Balaban J connectivity index is 1.69. The molecular weight excluding hydrogens is 330 g/mol. The van der Waals surface area contributed by atoms with E-state index in [1.165, 1.54) is 41.8 Å². The van der Waals surface area contributed by atoms with Crippen LogP contribution in [0.2, 0.25) is 0 Å². The molecule has 1 aliphatic heterocycles. The van der Waals surface area contributed by atoms with Crippen LogP contribution in [0.1, 0.15) is 50.2 Å². The van der Waals surface area contributed by atoms with E-state index in [9.17, 15) is 0 Å². The van der Waals surface area contributed by atoms with Gasteiger partial charge in [0.15, 0.2) is 0 Å². The normalized spacial score (nSPS) is 16.9. The van der Waals surface area contributed by atoms with Crippen LogP contribution in [-0.2, 0) is 13.1 Å². The van der Waals surface area contributed by atoms with Gasteiger partial charge in [0.25, 0.3) is 0 Å². The van der Waals surface area contributed by atoms with Gasteiger partial charge in [-0.25, -0.2) is 0 Å². The topological polar surface area (TPSA) is 36.1 Å². The molecule has 3 rings (SSSR count). The first kappa shape index (κ1) is 19.5. The maximum atomic E-state index is 3.78. The Kier molecular flexibility index (Phi) is 7.79. The zero-order valence-electron chi connectivity index (χ0n) is 16.5. The molecular formula is C24H33N3. The highest BCUT2D eigenvalue weighted by atomic mass is 15.1. The number of hydrogen-bond donors (Lipinski definition) is 3. The van der Waals surface area contributed by atoms with Crippen molar-refractivity contribution in [1.29, 1.82) is 0 Å². The predicted octanol–water partition coefficient (Wildman–Crippen LogP) is 4.72. The average Bonchev–Trinajstić information content (AvgIpc) is 2.73. The molecule has 3 N–H and O–H groups in total. The first-order valence-corrected chi connectivity index (χ1v) is 10.4. The molecule has 0 spiro atoms. The number of allylic oxidation sites excluding steroid dienone is 1. The standard InChI is InChI=1S/C24H33N3/c1-2-3-6-15-22-24(27-19-21-13-9-5-10-14-21)23(16-17-25-22)26-18-20-11-7-4-8-12-20/h4-5,7-14,23,25-27H,2-3,6,15-19H2,1H3. The number of unbranched alkanes of at least 4 members (excludes halogenated alkanes) is 2. The lowest BCUT2D eigenvalue weighted by Crippen LogP contribution is -2.44. The molecule has 3 heteroatoms. The summed E-state index contributed by atoms with van der Waals surface area (Å²) in [5.41, 5.74) is 5.42. The molecule has 1 unspecified atom stereocenters. The molecule has 0 aliphatic carbocycles. The maximum Gasteiger partial charge on any atom is 0.0506 e. The number of rotatable bonds is 10. The van der Waals surface area contributed by atoms with Gasteiger partial charge in [-0.3, -0.25) is 0 Å². The number of nitrogens with one attached hydrogen (secondary N) is 3. The highest BCUT2D eigenvalue weighted by molar-refractivity contribution is 5.24. The van der Waals surface area contributed by atoms with Crippen LogP contribution in [0.3, 0.4) is 0 Å². The zero-order chi connectivity index (χ0) is 18.7. The molecule has 0 saturated carbocycles. The van der Waals surface area contributed by atoms with Crippen molar-refractivity contribution in [2.75, 3.05) is 6.54 Å². The molecule has 3 nitrogen and oxygen atoms in total. The summed E-state index contributed by atoms with van der Waals surface area (Å²) in [6, 6.07) is 21.7. The van der Waals surface area contributed by atoms with Gasteiger partial charge in [-0.05, 0) is 30.4 Å². The fourth-order valence-electron chi connectivity index (χ4n) is 3.66. The summed E-state index contributed by atoms with van der Waals surface area (Å²) in [7, 11) is 0. The van der Waals surface area contributed by atoms with Gasteiger partial charge in [0, 0.05) is 31.0 Å². The van der Waals surface area contributed by atoms with E-state index in [0.29, 0.717) is 6.04 Å². The minimum absolute atomic E-state index is 0.381. The van der Waals surface area contributed by atoms with Crippen molar-refractivity contribution in [3.05, 3.63) is 83.2 Å². The van der Waals surface area contributed by atoms with Crippen LogP contribution in [0.5, 0.6) is 0 Å². The average molecular weight is 364 g/mol. The van der Waals surface area contributed by atoms with Gasteiger partial charge in [-0.15, -0.1) is 0 Å². The lowest BCUT2D eigenvalue weighted by Gasteiger charge is -2.32. The molecule has 27 heavy (non-hydrogen) atoms. The SMILES string of the molecule is CCCCCC1=C(NCc2ccccc2)C(NCc2ccccc2)CCN1. The van der Waals surface area contributed by atoms with Gasteiger partial charge in [0.05, 0.1) is 6.04 Å². The first-order chi connectivity index (χ1) is 13.4. The van der Waals surface area contributed by atoms with E-state index in [4.69, 9.17) is 0 Å². The van der Waals surface area contributed by atoms with E-state index in [1.807, 2.05) is 0 Å². The first-order valence-electron chi connectivity index (χ1n) is 10.4. The second-order valence-electron chi connectivity index (χ2n) is 7.32. The number of benzene rings is 2. The van der Waals surface area contributed by atoms with Crippen LogP contribution in [0, 0.1) is 0 Å².